The highest BCUT2D eigenvalue weighted by molar-refractivity contribution is 14.1. The molecule has 2 aromatic rings. The van der Waals surface area contributed by atoms with Crippen molar-refractivity contribution in [3.05, 3.63) is 56.1 Å². The van der Waals surface area contributed by atoms with Crippen molar-refractivity contribution in [3.8, 4) is 0 Å². The Morgan fingerprint density at radius 2 is 1.88 bits per heavy atom. The third kappa shape index (κ3) is 4.08. The molecular formula is C18H16ClIN2O2. The summed E-state index contributed by atoms with van der Waals surface area (Å²) < 4.78 is 0.823. The summed E-state index contributed by atoms with van der Waals surface area (Å²) in [4.78, 5) is 24.3. The summed E-state index contributed by atoms with van der Waals surface area (Å²) in [7, 11) is 0. The maximum absolute atomic E-state index is 12.4. The maximum Gasteiger partial charge on any atom is 0.255 e. The minimum Gasteiger partial charge on any atom is -0.326 e. The number of halogens is 2. The third-order valence-electron chi connectivity index (χ3n) is 3.88. The second-order valence-electron chi connectivity index (χ2n) is 5.88. The number of hydrogen-bond acceptors (Lipinski definition) is 2. The first-order valence-corrected chi connectivity index (χ1v) is 9.07. The van der Waals surface area contributed by atoms with E-state index in [4.69, 9.17) is 11.6 Å². The van der Waals surface area contributed by atoms with Crippen molar-refractivity contribution in [2.24, 2.45) is 5.92 Å². The lowest BCUT2D eigenvalue weighted by molar-refractivity contribution is -0.117. The first-order chi connectivity index (χ1) is 11.4. The Morgan fingerprint density at radius 1 is 1.12 bits per heavy atom. The van der Waals surface area contributed by atoms with E-state index in [9.17, 15) is 9.59 Å². The van der Waals surface area contributed by atoms with Crippen molar-refractivity contribution >= 4 is 57.4 Å². The van der Waals surface area contributed by atoms with Crippen LogP contribution in [0.2, 0.25) is 5.02 Å². The Bertz CT molecular complexity index is 819. The Hall–Kier alpha value is -1.60. The van der Waals surface area contributed by atoms with E-state index in [1.54, 1.807) is 24.3 Å². The van der Waals surface area contributed by atoms with Crippen molar-refractivity contribution in [1.82, 2.24) is 0 Å². The van der Waals surface area contributed by atoms with E-state index in [2.05, 4.69) is 33.2 Å². The Balaban J connectivity index is 1.76. The number of aryl methyl sites for hydroxylation is 1. The summed E-state index contributed by atoms with van der Waals surface area (Å²) in [6.07, 6.45) is 1.91. The normalized spacial score (nSPS) is 13.5. The van der Waals surface area contributed by atoms with Gasteiger partial charge in [0.2, 0.25) is 5.91 Å². The highest BCUT2D eigenvalue weighted by Crippen LogP contribution is 2.31. The largest absolute Gasteiger partial charge is 0.326 e. The molecule has 0 atom stereocenters. The summed E-state index contributed by atoms with van der Waals surface area (Å²) in [6, 6.07) is 10.6. The summed E-state index contributed by atoms with van der Waals surface area (Å²) in [5, 5.41) is 6.41. The maximum atomic E-state index is 12.4. The predicted molar refractivity (Wildman–Crippen MR) is 105 cm³/mol. The van der Waals surface area contributed by atoms with Gasteiger partial charge in [-0.3, -0.25) is 9.59 Å². The number of amides is 2. The SMILES string of the molecule is Cc1ccc(NC(=O)C2CC2)cc1NC(=O)c1ccc(Cl)c(I)c1. The average Bonchev–Trinajstić information content (AvgIpc) is 3.38. The highest BCUT2D eigenvalue weighted by atomic mass is 127. The van der Waals surface area contributed by atoms with Crippen LogP contribution in [-0.2, 0) is 4.79 Å². The van der Waals surface area contributed by atoms with Gasteiger partial charge in [-0.1, -0.05) is 17.7 Å². The standard InChI is InChI=1S/C18H16ClIN2O2/c1-10-2-6-13(21-17(23)11-3-4-11)9-16(10)22-18(24)12-5-7-14(19)15(20)8-12/h2,5-9,11H,3-4H2,1H3,(H,21,23)(H,22,24). The molecule has 2 N–H and O–H groups in total. The van der Waals surface area contributed by atoms with Crippen LogP contribution >= 0.6 is 34.2 Å². The molecule has 0 bridgehead atoms. The molecule has 0 aliphatic heterocycles. The van der Waals surface area contributed by atoms with Crippen LogP contribution in [0.5, 0.6) is 0 Å². The second kappa shape index (κ2) is 7.11. The van der Waals surface area contributed by atoms with Gasteiger partial charge in [-0.15, -0.1) is 0 Å². The van der Waals surface area contributed by atoms with Crippen molar-refractivity contribution in [2.75, 3.05) is 10.6 Å². The lowest BCUT2D eigenvalue weighted by atomic mass is 10.1. The number of hydrogen-bond donors (Lipinski definition) is 2. The van der Waals surface area contributed by atoms with Crippen molar-refractivity contribution < 1.29 is 9.59 Å². The van der Waals surface area contributed by atoms with Crippen LogP contribution in [0.1, 0.15) is 28.8 Å². The lowest BCUT2D eigenvalue weighted by Crippen LogP contribution is -2.15. The van der Waals surface area contributed by atoms with E-state index >= 15 is 0 Å². The van der Waals surface area contributed by atoms with Crippen LogP contribution in [0.15, 0.2) is 36.4 Å². The van der Waals surface area contributed by atoms with Crippen LogP contribution in [0, 0.1) is 16.4 Å². The minimum atomic E-state index is -0.210. The van der Waals surface area contributed by atoms with Crippen LogP contribution < -0.4 is 10.6 Å². The van der Waals surface area contributed by atoms with Gasteiger partial charge < -0.3 is 10.6 Å². The van der Waals surface area contributed by atoms with Crippen LogP contribution in [-0.4, -0.2) is 11.8 Å². The average molecular weight is 455 g/mol. The summed E-state index contributed by atoms with van der Waals surface area (Å²) >= 11 is 8.08. The molecule has 0 aromatic heterocycles. The molecule has 0 saturated heterocycles. The molecule has 24 heavy (non-hydrogen) atoms. The zero-order chi connectivity index (χ0) is 17.3. The van der Waals surface area contributed by atoms with E-state index in [-0.39, 0.29) is 17.7 Å². The van der Waals surface area contributed by atoms with Gasteiger partial charge in [0, 0.05) is 26.4 Å². The molecule has 2 amide bonds. The molecule has 1 aliphatic rings. The first-order valence-electron chi connectivity index (χ1n) is 7.62. The van der Waals surface area contributed by atoms with Gasteiger partial charge in [-0.2, -0.15) is 0 Å². The van der Waals surface area contributed by atoms with Crippen LogP contribution in [0.4, 0.5) is 11.4 Å². The van der Waals surface area contributed by atoms with Gasteiger partial charge in [0.1, 0.15) is 0 Å². The number of nitrogens with one attached hydrogen (secondary N) is 2. The molecule has 0 heterocycles. The van der Waals surface area contributed by atoms with Crippen molar-refractivity contribution in [1.29, 1.82) is 0 Å². The van der Waals surface area contributed by atoms with Crippen molar-refractivity contribution in [2.45, 2.75) is 19.8 Å². The molecule has 1 saturated carbocycles. The first kappa shape index (κ1) is 17.2. The van der Waals surface area contributed by atoms with E-state index < -0.39 is 0 Å². The van der Waals surface area contributed by atoms with Gasteiger partial charge in [-0.05, 0) is 78.3 Å². The molecule has 4 nitrogen and oxygen atoms in total. The Labute approximate surface area is 159 Å². The number of benzene rings is 2. The molecular weight excluding hydrogens is 439 g/mol. The zero-order valence-electron chi connectivity index (χ0n) is 13.0. The minimum absolute atomic E-state index is 0.0448. The van der Waals surface area contributed by atoms with Gasteiger partial charge in [0.15, 0.2) is 0 Å². The summed E-state index contributed by atoms with van der Waals surface area (Å²) in [5.41, 5.74) is 2.84. The van der Waals surface area contributed by atoms with Crippen molar-refractivity contribution in [3.63, 3.8) is 0 Å². The molecule has 0 radical (unpaired) electrons. The molecule has 0 unspecified atom stereocenters. The Kier molecular flexibility index (Phi) is 5.10. The molecule has 1 fully saturated rings. The second-order valence-corrected chi connectivity index (χ2v) is 7.45. The Morgan fingerprint density at radius 3 is 2.54 bits per heavy atom. The van der Waals surface area contributed by atoms with E-state index in [1.807, 2.05) is 19.1 Å². The van der Waals surface area contributed by atoms with E-state index in [0.29, 0.717) is 22.0 Å². The fraction of sp³-hybridized carbons (Fsp3) is 0.222. The predicted octanol–water partition coefficient (Wildman–Crippen LogP) is 4.85. The fourth-order valence-corrected chi connectivity index (χ4v) is 2.89. The smallest absolute Gasteiger partial charge is 0.255 e. The number of rotatable bonds is 4. The molecule has 124 valence electrons. The van der Waals surface area contributed by atoms with Gasteiger partial charge in [-0.25, -0.2) is 0 Å². The number of carbonyl (C=O) groups excluding carboxylic acids is 2. The number of carbonyl (C=O) groups is 2. The molecule has 2 aromatic carbocycles. The molecule has 6 heteroatoms. The van der Waals surface area contributed by atoms with E-state index in [1.165, 1.54) is 0 Å². The topological polar surface area (TPSA) is 58.2 Å². The quantitative estimate of drug-likeness (QED) is 0.649. The van der Waals surface area contributed by atoms with E-state index in [0.717, 1.165) is 22.0 Å². The van der Waals surface area contributed by atoms with Gasteiger partial charge >= 0.3 is 0 Å². The summed E-state index contributed by atoms with van der Waals surface area (Å²) in [6.45, 7) is 1.91. The molecule has 0 spiro atoms. The monoisotopic (exact) mass is 454 g/mol. The van der Waals surface area contributed by atoms with Crippen LogP contribution in [0.3, 0.4) is 0 Å². The van der Waals surface area contributed by atoms with Gasteiger partial charge in [0.05, 0.1) is 5.02 Å². The zero-order valence-corrected chi connectivity index (χ0v) is 15.9. The molecule has 1 aliphatic carbocycles. The molecule has 3 rings (SSSR count). The highest BCUT2D eigenvalue weighted by Gasteiger charge is 2.29. The third-order valence-corrected chi connectivity index (χ3v) is 5.42. The fourth-order valence-electron chi connectivity index (χ4n) is 2.26. The number of anilines is 2. The van der Waals surface area contributed by atoms with Crippen LogP contribution in [0.25, 0.3) is 0 Å². The summed E-state index contributed by atoms with van der Waals surface area (Å²) in [5.74, 6) is -0.0257. The lowest BCUT2D eigenvalue weighted by Gasteiger charge is -2.12. The van der Waals surface area contributed by atoms with Gasteiger partial charge in [0.25, 0.3) is 5.91 Å².